The number of benzene rings is 2. The number of hydrogen-bond donors (Lipinski definition) is 1. The lowest BCUT2D eigenvalue weighted by molar-refractivity contribution is -0.384. The average molecular weight is 326 g/mol. The predicted octanol–water partition coefficient (Wildman–Crippen LogP) is 2.51. The van der Waals surface area contributed by atoms with Gasteiger partial charge in [-0.1, -0.05) is 30.3 Å². The summed E-state index contributed by atoms with van der Waals surface area (Å²) >= 11 is 0. The Labute approximate surface area is 139 Å². The molecule has 3 rings (SSSR count). The van der Waals surface area contributed by atoms with Gasteiger partial charge in [-0.25, -0.2) is 0 Å². The summed E-state index contributed by atoms with van der Waals surface area (Å²) in [6.07, 6.45) is 1.46. The van der Waals surface area contributed by atoms with Crippen molar-refractivity contribution in [1.82, 2.24) is 5.32 Å². The molecule has 0 aromatic heterocycles. The van der Waals surface area contributed by atoms with Gasteiger partial charge in [0.05, 0.1) is 10.5 Å². The first-order chi connectivity index (χ1) is 11.5. The number of ether oxygens (including phenoxy) is 1. The van der Waals surface area contributed by atoms with Crippen LogP contribution in [0.2, 0.25) is 0 Å². The van der Waals surface area contributed by atoms with E-state index in [1.165, 1.54) is 29.3 Å². The summed E-state index contributed by atoms with van der Waals surface area (Å²) in [7, 11) is 1.64. The number of nitro groups is 1. The number of nitro benzene ring substituents is 1. The van der Waals surface area contributed by atoms with Crippen molar-refractivity contribution in [1.29, 1.82) is 0 Å². The van der Waals surface area contributed by atoms with Gasteiger partial charge in [-0.05, 0) is 17.2 Å². The van der Waals surface area contributed by atoms with Crippen LogP contribution in [0.3, 0.4) is 0 Å². The van der Waals surface area contributed by atoms with Crippen molar-refractivity contribution in [2.45, 2.75) is 18.4 Å². The number of nitrogens with one attached hydrogen (secondary N) is 1. The molecule has 124 valence electrons. The number of non-ortho nitro benzene ring substituents is 1. The normalized spacial score (nSPS) is 14.9. The number of carbonyl (C=O) groups excluding carboxylic acids is 1. The van der Waals surface area contributed by atoms with Crippen LogP contribution in [-0.2, 0) is 17.6 Å². The Morgan fingerprint density at radius 3 is 2.46 bits per heavy atom. The standard InChI is InChI=1S/C18H18N2O4/c1-24-18(10-14-5-2-3-6-15(14)11-18)12-19-17(21)13-7-4-8-16(9-13)20(22)23/h2-9H,10-12H2,1H3,(H,19,21). The fourth-order valence-electron chi connectivity index (χ4n) is 3.10. The van der Waals surface area contributed by atoms with E-state index in [4.69, 9.17) is 4.74 Å². The summed E-state index contributed by atoms with van der Waals surface area (Å²) in [6.45, 7) is 0.347. The van der Waals surface area contributed by atoms with Crippen LogP contribution in [0, 0.1) is 10.1 Å². The third-order valence-corrected chi connectivity index (χ3v) is 4.47. The number of hydrogen-bond acceptors (Lipinski definition) is 4. The molecular formula is C18H18N2O4. The number of carbonyl (C=O) groups is 1. The number of fused-ring (bicyclic) bond motifs is 1. The highest BCUT2D eigenvalue weighted by atomic mass is 16.6. The molecule has 0 radical (unpaired) electrons. The largest absolute Gasteiger partial charge is 0.376 e. The number of methoxy groups -OCH3 is 1. The van der Waals surface area contributed by atoms with E-state index in [9.17, 15) is 14.9 Å². The maximum absolute atomic E-state index is 12.3. The molecule has 0 heterocycles. The Kier molecular flexibility index (Phi) is 4.31. The molecule has 1 N–H and O–H groups in total. The zero-order valence-corrected chi connectivity index (χ0v) is 13.3. The van der Waals surface area contributed by atoms with Crippen LogP contribution in [0.1, 0.15) is 21.5 Å². The molecule has 6 heteroatoms. The Bertz CT molecular complexity index is 763. The van der Waals surface area contributed by atoms with Gasteiger partial charge in [0.1, 0.15) is 0 Å². The molecule has 0 saturated heterocycles. The summed E-state index contributed by atoms with van der Waals surface area (Å²) in [5.41, 5.74) is 2.15. The first-order valence-corrected chi connectivity index (χ1v) is 7.68. The number of rotatable bonds is 5. The van der Waals surface area contributed by atoms with Crippen molar-refractivity contribution in [2.75, 3.05) is 13.7 Å². The highest BCUT2D eigenvalue weighted by Crippen LogP contribution is 2.32. The lowest BCUT2D eigenvalue weighted by Gasteiger charge is -2.27. The monoisotopic (exact) mass is 326 g/mol. The van der Waals surface area contributed by atoms with Crippen molar-refractivity contribution in [2.24, 2.45) is 0 Å². The predicted molar refractivity (Wildman–Crippen MR) is 89.0 cm³/mol. The van der Waals surface area contributed by atoms with Crippen LogP contribution in [-0.4, -0.2) is 30.1 Å². The smallest absolute Gasteiger partial charge is 0.270 e. The van der Waals surface area contributed by atoms with Crippen LogP contribution in [0.5, 0.6) is 0 Å². The lowest BCUT2D eigenvalue weighted by atomic mass is 10.00. The second-order valence-electron chi connectivity index (χ2n) is 6.00. The van der Waals surface area contributed by atoms with E-state index in [1.807, 2.05) is 12.1 Å². The van der Waals surface area contributed by atoms with Crippen molar-refractivity contribution in [3.63, 3.8) is 0 Å². The highest BCUT2D eigenvalue weighted by Gasteiger charge is 2.37. The summed E-state index contributed by atoms with van der Waals surface area (Å²) in [6, 6.07) is 13.8. The molecule has 24 heavy (non-hydrogen) atoms. The third-order valence-electron chi connectivity index (χ3n) is 4.47. The molecule has 0 saturated carbocycles. The molecule has 6 nitrogen and oxygen atoms in total. The minimum absolute atomic E-state index is 0.0997. The van der Waals surface area contributed by atoms with E-state index in [2.05, 4.69) is 17.4 Å². The SMILES string of the molecule is COC1(CNC(=O)c2cccc([N+](=O)[O-])c2)Cc2ccccc2C1. The van der Waals surface area contributed by atoms with Crippen LogP contribution < -0.4 is 5.32 Å². The summed E-state index contributed by atoms with van der Waals surface area (Å²) in [5.74, 6) is -0.342. The van der Waals surface area contributed by atoms with Crippen molar-refractivity contribution < 1.29 is 14.5 Å². The van der Waals surface area contributed by atoms with Gasteiger partial charge in [0.2, 0.25) is 0 Å². The van der Waals surface area contributed by atoms with Gasteiger partial charge in [0, 0.05) is 44.2 Å². The van der Waals surface area contributed by atoms with Crippen molar-refractivity contribution >= 4 is 11.6 Å². The highest BCUT2D eigenvalue weighted by molar-refractivity contribution is 5.94. The second-order valence-corrected chi connectivity index (χ2v) is 6.00. The molecule has 0 unspecified atom stereocenters. The van der Waals surface area contributed by atoms with E-state index in [-0.39, 0.29) is 17.2 Å². The number of amides is 1. The van der Waals surface area contributed by atoms with E-state index >= 15 is 0 Å². The Morgan fingerprint density at radius 2 is 1.88 bits per heavy atom. The molecule has 0 fully saturated rings. The van der Waals surface area contributed by atoms with Crippen LogP contribution in [0.4, 0.5) is 5.69 Å². The van der Waals surface area contributed by atoms with E-state index in [1.54, 1.807) is 13.2 Å². The van der Waals surface area contributed by atoms with Crippen LogP contribution in [0.15, 0.2) is 48.5 Å². The average Bonchev–Trinajstić information content (AvgIpc) is 2.99. The Hall–Kier alpha value is -2.73. The minimum Gasteiger partial charge on any atom is -0.376 e. The molecule has 0 bridgehead atoms. The maximum atomic E-state index is 12.3. The van der Waals surface area contributed by atoms with Gasteiger partial charge < -0.3 is 10.1 Å². The summed E-state index contributed by atoms with van der Waals surface area (Å²) < 4.78 is 5.71. The van der Waals surface area contributed by atoms with Crippen molar-refractivity contribution in [3.05, 3.63) is 75.3 Å². The fourth-order valence-corrected chi connectivity index (χ4v) is 3.10. The second kappa shape index (κ2) is 6.41. The van der Waals surface area contributed by atoms with Gasteiger partial charge in [-0.2, -0.15) is 0 Å². The van der Waals surface area contributed by atoms with Gasteiger partial charge in [-0.3, -0.25) is 14.9 Å². The van der Waals surface area contributed by atoms with E-state index in [0.29, 0.717) is 6.54 Å². The molecule has 1 amide bonds. The minimum atomic E-state index is -0.513. The molecule has 2 aromatic carbocycles. The number of nitrogens with zero attached hydrogens (tertiary/aromatic N) is 1. The Balaban J connectivity index is 1.70. The maximum Gasteiger partial charge on any atom is 0.270 e. The molecule has 1 aliphatic carbocycles. The van der Waals surface area contributed by atoms with E-state index < -0.39 is 10.5 Å². The lowest BCUT2D eigenvalue weighted by Crippen LogP contribution is -2.45. The zero-order chi connectivity index (χ0) is 17.2. The van der Waals surface area contributed by atoms with Crippen LogP contribution in [0.25, 0.3) is 0 Å². The van der Waals surface area contributed by atoms with Crippen LogP contribution >= 0.6 is 0 Å². The van der Waals surface area contributed by atoms with E-state index in [0.717, 1.165) is 12.8 Å². The van der Waals surface area contributed by atoms with Gasteiger partial charge in [0.15, 0.2) is 0 Å². The topological polar surface area (TPSA) is 81.5 Å². The first-order valence-electron chi connectivity index (χ1n) is 7.68. The van der Waals surface area contributed by atoms with Crippen molar-refractivity contribution in [3.8, 4) is 0 Å². The van der Waals surface area contributed by atoms with Gasteiger partial charge in [0.25, 0.3) is 11.6 Å². The zero-order valence-electron chi connectivity index (χ0n) is 13.3. The summed E-state index contributed by atoms with van der Waals surface area (Å²) in [4.78, 5) is 22.6. The summed E-state index contributed by atoms with van der Waals surface area (Å²) in [5, 5.41) is 13.7. The molecule has 0 atom stereocenters. The van der Waals surface area contributed by atoms with Gasteiger partial charge in [-0.15, -0.1) is 0 Å². The van der Waals surface area contributed by atoms with Gasteiger partial charge >= 0.3 is 0 Å². The molecule has 0 spiro atoms. The molecule has 1 aliphatic rings. The quantitative estimate of drug-likeness (QED) is 0.676. The molecule has 2 aromatic rings. The first kappa shape index (κ1) is 16.1. The fraction of sp³-hybridized carbons (Fsp3) is 0.278. The molecular weight excluding hydrogens is 308 g/mol. The molecule has 0 aliphatic heterocycles. The Morgan fingerprint density at radius 1 is 1.21 bits per heavy atom. The third kappa shape index (κ3) is 3.14.